The molecule has 0 aromatic carbocycles. The number of aliphatic carboxylic acids is 1. The van der Waals surface area contributed by atoms with Gasteiger partial charge in [-0.15, -0.1) is 11.8 Å². The maximum absolute atomic E-state index is 12.0. The third-order valence-electron chi connectivity index (χ3n) is 2.43. The predicted molar refractivity (Wildman–Crippen MR) is 69.7 cm³/mol. The van der Waals surface area contributed by atoms with Crippen molar-refractivity contribution >= 4 is 23.6 Å². The highest BCUT2D eigenvalue weighted by Crippen LogP contribution is 2.17. The van der Waals surface area contributed by atoms with Crippen molar-refractivity contribution in [3.63, 3.8) is 0 Å². The maximum Gasteiger partial charge on any atom is 0.326 e. The third-order valence-corrected chi connectivity index (χ3v) is 3.14. The van der Waals surface area contributed by atoms with Crippen LogP contribution in [-0.4, -0.2) is 34.3 Å². The van der Waals surface area contributed by atoms with Gasteiger partial charge in [-0.05, 0) is 24.3 Å². The number of thioether (sulfide) groups is 1. The summed E-state index contributed by atoms with van der Waals surface area (Å²) in [5.41, 5.74) is 0.400. The Morgan fingerprint density at radius 1 is 1.44 bits per heavy atom. The van der Waals surface area contributed by atoms with E-state index in [1.54, 1.807) is 32.2 Å². The van der Waals surface area contributed by atoms with E-state index in [1.165, 1.54) is 11.8 Å². The smallest absolute Gasteiger partial charge is 0.326 e. The van der Waals surface area contributed by atoms with Gasteiger partial charge in [-0.2, -0.15) is 0 Å². The molecule has 0 fully saturated rings. The second-order valence-electron chi connectivity index (χ2n) is 4.09. The molecule has 6 heteroatoms. The average Bonchev–Trinajstić information content (AvgIpc) is 2.34. The minimum absolute atomic E-state index is 0.180. The van der Waals surface area contributed by atoms with E-state index in [1.807, 2.05) is 6.26 Å². The molecule has 1 unspecified atom stereocenters. The highest BCUT2D eigenvalue weighted by atomic mass is 32.2. The molecule has 98 valence electrons. The Bertz CT molecular complexity index is 449. The number of aromatic nitrogens is 1. The molecular weight excluding hydrogens is 252 g/mol. The van der Waals surface area contributed by atoms with E-state index < -0.39 is 17.9 Å². The normalized spacial score (nSPS) is 12.2. The Balaban J connectivity index is 2.90. The molecule has 0 spiro atoms. The SMILES string of the molecule is CSc1ncccc1C(=O)NC(C(=O)O)C(C)C. The fraction of sp³-hybridized carbons (Fsp3) is 0.417. The molecule has 0 saturated heterocycles. The summed E-state index contributed by atoms with van der Waals surface area (Å²) in [5.74, 6) is -1.62. The number of pyridine rings is 1. The van der Waals surface area contributed by atoms with Crippen LogP contribution in [0.1, 0.15) is 24.2 Å². The summed E-state index contributed by atoms with van der Waals surface area (Å²) in [7, 11) is 0. The molecular formula is C12H16N2O3S. The summed E-state index contributed by atoms with van der Waals surface area (Å²) in [4.78, 5) is 27.1. The second-order valence-corrected chi connectivity index (χ2v) is 4.89. The van der Waals surface area contributed by atoms with Gasteiger partial charge in [0.05, 0.1) is 5.56 Å². The molecule has 5 nitrogen and oxygen atoms in total. The van der Waals surface area contributed by atoms with Crippen LogP contribution in [0.2, 0.25) is 0 Å². The van der Waals surface area contributed by atoms with Crippen LogP contribution in [0.25, 0.3) is 0 Å². The van der Waals surface area contributed by atoms with Crippen LogP contribution in [0.4, 0.5) is 0 Å². The lowest BCUT2D eigenvalue weighted by atomic mass is 10.0. The van der Waals surface area contributed by atoms with Crippen LogP contribution >= 0.6 is 11.8 Å². The van der Waals surface area contributed by atoms with Gasteiger partial charge < -0.3 is 10.4 Å². The second kappa shape index (κ2) is 6.39. The van der Waals surface area contributed by atoms with Crippen LogP contribution in [-0.2, 0) is 4.79 Å². The van der Waals surface area contributed by atoms with Gasteiger partial charge in [0, 0.05) is 6.20 Å². The topological polar surface area (TPSA) is 79.3 Å². The molecule has 1 atom stereocenters. The Kier molecular flexibility index (Phi) is 5.15. The number of hydrogen-bond acceptors (Lipinski definition) is 4. The number of amides is 1. The predicted octanol–water partition coefficient (Wildman–Crippen LogP) is 1.64. The molecule has 0 aliphatic rings. The number of carbonyl (C=O) groups excluding carboxylic acids is 1. The van der Waals surface area contributed by atoms with E-state index in [-0.39, 0.29) is 5.92 Å². The molecule has 0 saturated carbocycles. The van der Waals surface area contributed by atoms with E-state index in [0.29, 0.717) is 10.6 Å². The summed E-state index contributed by atoms with van der Waals surface area (Å²) in [6.45, 7) is 3.50. The van der Waals surface area contributed by atoms with E-state index in [4.69, 9.17) is 5.11 Å². The molecule has 1 aromatic rings. The van der Waals surface area contributed by atoms with Gasteiger partial charge in [-0.1, -0.05) is 13.8 Å². The number of hydrogen-bond donors (Lipinski definition) is 2. The lowest BCUT2D eigenvalue weighted by Crippen LogP contribution is -2.44. The number of nitrogens with zero attached hydrogens (tertiary/aromatic N) is 1. The first kappa shape index (κ1) is 14.5. The standard InChI is InChI=1S/C12H16N2O3S/c1-7(2)9(12(16)17)14-10(15)8-5-4-6-13-11(8)18-3/h4-7,9H,1-3H3,(H,14,15)(H,16,17). The summed E-state index contributed by atoms with van der Waals surface area (Å²) >= 11 is 1.35. The maximum atomic E-state index is 12.0. The van der Waals surface area contributed by atoms with Crippen LogP contribution in [0.5, 0.6) is 0 Å². The zero-order valence-corrected chi connectivity index (χ0v) is 11.3. The Labute approximate surface area is 110 Å². The summed E-state index contributed by atoms with van der Waals surface area (Å²) in [5, 5.41) is 12.1. The van der Waals surface area contributed by atoms with Gasteiger partial charge in [0.15, 0.2) is 0 Å². The number of carboxylic acid groups (broad SMARTS) is 1. The zero-order chi connectivity index (χ0) is 13.7. The molecule has 1 heterocycles. The zero-order valence-electron chi connectivity index (χ0n) is 10.5. The van der Waals surface area contributed by atoms with Gasteiger partial charge in [0.1, 0.15) is 11.1 Å². The van der Waals surface area contributed by atoms with Crippen molar-refractivity contribution in [1.82, 2.24) is 10.3 Å². The molecule has 18 heavy (non-hydrogen) atoms. The highest BCUT2D eigenvalue weighted by molar-refractivity contribution is 7.98. The van der Waals surface area contributed by atoms with E-state index in [0.717, 1.165) is 0 Å². The molecule has 2 N–H and O–H groups in total. The number of carbonyl (C=O) groups is 2. The van der Waals surface area contributed by atoms with E-state index >= 15 is 0 Å². The molecule has 1 aromatic heterocycles. The van der Waals surface area contributed by atoms with E-state index in [2.05, 4.69) is 10.3 Å². The number of carboxylic acids is 1. The molecule has 1 rings (SSSR count). The Morgan fingerprint density at radius 2 is 2.11 bits per heavy atom. The first-order valence-electron chi connectivity index (χ1n) is 5.50. The Morgan fingerprint density at radius 3 is 2.61 bits per heavy atom. The van der Waals surface area contributed by atoms with Crippen LogP contribution in [0.3, 0.4) is 0 Å². The van der Waals surface area contributed by atoms with Crippen LogP contribution < -0.4 is 5.32 Å². The van der Waals surface area contributed by atoms with E-state index in [9.17, 15) is 9.59 Å². The molecule has 0 aliphatic heterocycles. The number of nitrogens with one attached hydrogen (secondary N) is 1. The lowest BCUT2D eigenvalue weighted by molar-refractivity contribution is -0.140. The molecule has 1 amide bonds. The van der Waals surface area contributed by atoms with Gasteiger partial charge in [0.2, 0.25) is 0 Å². The molecule has 0 radical (unpaired) electrons. The largest absolute Gasteiger partial charge is 0.480 e. The lowest BCUT2D eigenvalue weighted by Gasteiger charge is -2.18. The number of rotatable bonds is 5. The van der Waals surface area contributed by atoms with Crippen LogP contribution in [0, 0.1) is 5.92 Å². The van der Waals surface area contributed by atoms with Crippen molar-refractivity contribution in [2.75, 3.05) is 6.26 Å². The van der Waals surface area contributed by atoms with Crippen molar-refractivity contribution in [2.24, 2.45) is 5.92 Å². The van der Waals surface area contributed by atoms with Crippen LogP contribution in [0.15, 0.2) is 23.4 Å². The third kappa shape index (κ3) is 3.46. The van der Waals surface area contributed by atoms with Gasteiger partial charge in [-0.25, -0.2) is 9.78 Å². The minimum Gasteiger partial charge on any atom is -0.480 e. The van der Waals surface area contributed by atoms with Gasteiger partial charge >= 0.3 is 5.97 Å². The van der Waals surface area contributed by atoms with Crippen molar-refractivity contribution in [2.45, 2.75) is 24.9 Å². The summed E-state index contributed by atoms with van der Waals surface area (Å²) in [6.07, 6.45) is 3.41. The van der Waals surface area contributed by atoms with Crippen molar-refractivity contribution in [1.29, 1.82) is 0 Å². The Hall–Kier alpha value is -1.56. The summed E-state index contributed by atoms with van der Waals surface area (Å²) < 4.78 is 0. The van der Waals surface area contributed by atoms with Crippen molar-refractivity contribution in [3.8, 4) is 0 Å². The fourth-order valence-electron chi connectivity index (χ4n) is 1.46. The van der Waals surface area contributed by atoms with Gasteiger partial charge in [-0.3, -0.25) is 4.79 Å². The average molecular weight is 268 g/mol. The van der Waals surface area contributed by atoms with Crippen molar-refractivity contribution < 1.29 is 14.7 Å². The monoisotopic (exact) mass is 268 g/mol. The summed E-state index contributed by atoms with van der Waals surface area (Å²) in [6, 6.07) is 2.39. The highest BCUT2D eigenvalue weighted by Gasteiger charge is 2.24. The molecule has 0 aliphatic carbocycles. The van der Waals surface area contributed by atoms with Crippen molar-refractivity contribution in [3.05, 3.63) is 23.9 Å². The van der Waals surface area contributed by atoms with Gasteiger partial charge in [0.25, 0.3) is 5.91 Å². The quantitative estimate of drug-likeness (QED) is 0.794. The minimum atomic E-state index is -1.03. The fourth-order valence-corrected chi connectivity index (χ4v) is 2.01. The molecule has 0 bridgehead atoms. The first-order valence-corrected chi connectivity index (χ1v) is 6.72. The first-order chi connectivity index (χ1) is 8.47.